The molecule has 0 saturated heterocycles. The van der Waals surface area contributed by atoms with Crippen LogP contribution in [0.4, 0.5) is 5.69 Å². The van der Waals surface area contributed by atoms with E-state index in [0.717, 1.165) is 36.4 Å². The summed E-state index contributed by atoms with van der Waals surface area (Å²) >= 11 is 6.38. The number of allylic oxidation sites excluding steroid dienone is 1. The van der Waals surface area contributed by atoms with Crippen molar-refractivity contribution < 1.29 is 23.1 Å². The first-order chi connectivity index (χ1) is 20.1. The number of benzene rings is 2. The fourth-order valence-corrected chi connectivity index (χ4v) is 8.47. The number of halogens is 1. The van der Waals surface area contributed by atoms with Gasteiger partial charge in [-0.25, -0.2) is 13.1 Å². The predicted molar refractivity (Wildman–Crippen MR) is 168 cm³/mol. The Morgan fingerprint density at radius 1 is 1.10 bits per heavy atom. The maximum Gasteiger partial charge on any atom is 0.264 e. The number of carbonyl (C=O) groups excluding carboxylic acids is 1. The third-order valence-corrected chi connectivity index (χ3v) is 11.4. The van der Waals surface area contributed by atoms with E-state index in [2.05, 4.69) is 22.6 Å². The Hall–Kier alpha value is -2.55. The molecule has 7 nitrogen and oxygen atoms in total. The van der Waals surface area contributed by atoms with Crippen molar-refractivity contribution in [2.75, 3.05) is 24.6 Å². The van der Waals surface area contributed by atoms with Crippen molar-refractivity contribution in [2.45, 2.75) is 76.6 Å². The summed E-state index contributed by atoms with van der Waals surface area (Å²) in [5, 5.41) is 11.1. The number of hydrogen-bond acceptors (Lipinski definition) is 6. The molecule has 0 unspecified atom stereocenters. The van der Waals surface area contributed by atoms with Gasteiger partial charge in [-0.05, 0) is 91.3 Å². The van der Waals surface area contributed by atoms with Crippen LogP contribution in [0.25, 0.3) is 0 Å². The minimum Gasteiger partial charge on any atom is -0.491 e. The van der Waals surface area contributed by atoms with Crippen LogP contribution in [0.5, 0.6) is 5.75 Å². The number of sulfonamides is 1. The van der Waals surface area contributed by atoms with Crippen molar-refractivity contribution >= 4 is 33.2 Å². The topological polar surface area (TPSA) is 95.9 Å². The Morgan fingerprint density at radius 2 is 1.90 bits per heavy atom. The van der Waals surface area contributed by atoms with E-state index in [0.29, 0.717) is 38.3 Å². The first kappa shape index (κ1) is 30.9. The highest BCUT2D eigenvalue weighted by atomic mass is 35.5. The van der Waals surface area contributed by atoms with Gasteiger partial charge in [-0.1, -0.05) is 57.0 Å². The molecule has 0 radical (unpaired) electrons. The molecule has 3 aliphatic rings. The van der Waals surface area contributed by atoms with Gasteiger partial charge in [-0.2, -0.15) is 0 Å². The number of aryl methyl sites for hydroxylation is 1. The number of ether oxygens (including phenoxy) is 1. The van der Waals surface area contributed by atoms with Crippen LogP contribution >= 0.6 is 11.6 Å². The Labute approximate surface area is 255 Å². The predicted octanol–water partition coefficient (Wildman–Crippen LogP) is 6.10. The fraction of sp³-hybridized carbons (Fsp3) is 0.545. The molecule has 2 N–H and O–H groups in total. The number of anilines is 1. The summed E-state index contributed by atoms with van der Waals surface area (Å²) < 4.78 is 35.2. The van der Waals surface area contributed by atoms with Gasteiger partial charge in [0.05, 0.1) is 23.6 Å². The Balaban J connectivity index is 1.55. The van der Waals surface area contributed by atoms with E-state index in [4.69, 9.17) is 16.3 Å². The Kier molecular flexibility index (Phi) is 9.55. The third-order valence-electron chi connectivity index (χ3n) is 9.28. The number of fused-ring (bicyclic) bond motifs is 2. The second-order valence-corrected chi connectivity index (χ2v) is 14.7. The SMILES string of the molecule is CCCc1cc(Cl)ccc1[C@@H]1COc2ccc3cc2N(C1)C[C@@H]1CC[C@H]1[C@@H](O)/C=C/[C@H](C)C[C@@H](CC)S(=O)(=O)NC3=O. The molecule has 0 aromatic heterocycles. The van der Waals surface area contributed by atoms with Gasteiger partial charge in [0.1, 0.15) is 5.75 Å². The minimum absolute atomic E-state index is 0.0613. The number of amides is 1. The summed E-state index contributed by atoms with van der Waals surface area (Å²) in [5.41, 5.74) is 3.48. The summed E-state index contributed by atoms with van der Waals surface area (Å²) in [7, 11) is -3.91. The van der Waals surface area contributed by atoms with Crippen molar-refractivity contribution in [3.8, 4) is 5.75 Å². The van der Waals surface area contributed by atoms with Crippen molar-refractivity contribution in [1.29, 1.82) is 0 Å². The van der Waals surface area contributed by atoms with E-state index in [1.54, 1.807) is 18.2 Å². The lowest BCUT2D eigenvalue weighted by atomic mass is 9.70. The van der Waals surface area contributed by atoms with Gasteiger partial charge in [0.25, 0.3) is 5.91 Å². The van der Waals surface area contributed by atoms with Crippen LogP contribution in [0, 0.1) is 17.8 Å². The number of nitrogens with zero attached hydrogens (tertiary/aromatic N) is 1. The van der Waals surface area contributed by atoms with Gasteiger partial charge in [0.2, 0.25) is 10.0 Å². The largest absolute Gasteiger partial charge is 0.491 e. The van der Waals surface area contributed by atoms with Crippen LogP contribution in [0.2, 0.25) is 5.02 Å². The average molecular weight is 615 g/mol. The molecule has 1 fully saturated rings. The third kappa shape index (κ3) is 6.66. The molecule has 2 aromatic rings. The molecule has 0 spiro atoms. The lowest BCUT2D eigenvalue weighted by Gasteiger charge is -2.42. The van der Waals surface area contributed by atoms with Gasteiger partial charge in [-0.15, -0.1) is 0 Å². The lowest BCUT2D eigenvalue weighted by Crippen LogP contribution is -2.44. The number of hydrogen-bond donors (Lipinski definition) is 2. The molecule has 1 amide bonds. The molecular weight excluding hydrogens is 572 g/mol. The molecule has 2 aliphatic heterocycles. The van der Waals surface area contributed by atoms with Gasteiger partial charge in [0.15, 0.2) is 0 Å². The highest BCUT2D eigenvalue weighted by molar-refractivity contribution is 7.90. The summed E-state index contributed by atoms with van der Waals surface area (Å²) in [5.74, 6) is 0.437. The number of aliphatic hydroxyl groups is 1. The first-order valence-electron chi connectivity index (χ1n) is 15.3. The van der Waals surface area contributed by atoms with E-state index >= 15 is 0 Å². The first-order valence-corrected chi connectivity index (χ1v) is 17.2. The van der Waals surface area contributed by atoms with E-state index in [1.807, 2.05) is 38.1 Å². The zero-order chi connectivity index (χ0) is 30.0. The number of aliphatic hydroxyl groups excluding tert-OH is 1. The zero-order valence-corrected chi connectivity index (χ0v) is 26.3. The summed E-state index contributed by atoms with van der Waals surface area (Å²) in [4.78, 5) is 15.6. The summed E-state index contributed by atoms with van der Waals surface area (Å²) in [6, 6.07) is 11.3. The molecule has 1 aliphatic carbocycles. The molecule has 2 aromatic carbocycles. The fourth-order valence-electron chi connectivity index (χ4n) is 6.73. The Bertz CT molecular complexity index is 1430. The van der Waals surface area contributed by atoms with Crippen molar-refractivity contribution in [3.63, 3.8) is 0 Å². The molecule has 9 heteroatoms. The highest BCUT2D eigenvalue weighted by Gasteiger charge is 2.38. The number of rotatable bonds is 4. The number of carbonyl (C=O) groups is 1. The van der Waals surface area contributed by atoms with Gasteiger partial charge < -0.3 is 14.7 Å². The van der Waals surface area contributed by atoms with Gasteiger partial charge >= 0.3 is 0 Å². The van der Waals surface area contributed by atoms with Gasteiger partial charge in [0, 0.05) is 29.6 Å². The zero-order valence-electron chi connectivity index (χ0n) is 24.8. The quantitative estimate of drug-likeness (QED) is 0.404. The maximum atomic E-state index is 13.3. The van der Waals surface area contributed by atoms with Crippen LogP contribution in [0.3, 0.4) is 0 Å². The molecule has 1 saturated carbocycles. The minimum atomic E-state index is -3.91. The maximum absolute atomic E-state index is 13.3. The number of nitrogens with one attached hydrogen (secondary N) is 1. The van der Waals surface area contributed by atoms with Crippen LogP contribution in [-0.2, 0) is 16.4 Å². The molecule has 2 bridgehead atoms. The molecule has 6 atom stereocenters. The van der Waals surface area contributed by atoms with E-state index in [9.17, 15) is 18.3 Å². The van der Waals surface area contributed by atoms with Gasteiger partial charge in [-0.3, -0.25) is 4.79 Å². The van der Waals surface area contributed by atoms with Crippen LogP contribution < -0.4 is 14.4 Å². The monoisotopic (exact) mass is 614 g/mol. The van der Waals surface area contributed by atoms with E-state index in [-0.39, 0.29) is 29.2 Å². The van der Waals surface area contributed by atoms with Crippen LogP contribution in [0.15, 0.2) is 48.6 Å². The van der Waals surface area contributed by atoms with E-state index < -0.39 is 27.3 Å². The van der Waals surface area contributed by atoms with Crippen LogP contribution in [-0.4, -0.2) is 50.5 Å². The second kappa shape index (κ2) is 13.0. The molecule has 2 heterocycles. The molecule has 5 rings (SSSR count). The normalized spacial score (nSPS) is 30.2. The molecule has 42 heavy (non-hydrogen) atoms. The van der Waals surface area contributed by atoms with Crippen molar-refractivity contribution in [2.24, 2.45) is 17.8 Å². The smallest absolute Gasteiger partial charge is 0.264 e. The summed E-state index contributed by atoms with van der Waals surface area (Å²) in [6.45, 7) is 7.77. The average Bonchev–Trinajstić information content (AvgIpc) is 3.11. The molecule has 228 valence electrons. The lowest BCUT2D eigenvalue weighted by molar-refractivity contribution is 0.0459. The molecular formula is C33H43ClN2O5S. The van der Waals surface area contributed by atoms with E-state index in [1.165, 1.54) is 11.1 Å². The van der Waals surface area contributed by atoms with Crippen LogP contribution in [0.1, 0.15) is 80.3 Å². The van der Waals surface area contributed by atoms with Crippen molar-refractivity contribution in [1.82, 2.24) is 4.72 Å². The van der Waals surface area contributed by atoms with Crippen molar-refractivity contribution in [3.05, 3.63) is 70.3 Å². The second-order valence-electron chi connectivity index (χ2n) is 12.3. The summed E-state index contributed by atoms with van der Waals surface area (Å²) in [6.07, 6.45) is 7.80. The Morgan fingerprint density at radius 3 is 2.62 bits per heavy atom. The highest BCUT2D eigenvalue weighted by Crippen LogP contribution is 2.42. The standard InChI is InChI=1S/C33H43ClN2O5S/c1-4-6-22-16-26(34)10-12-28(22)25-19-36-18-24-8-11-29(24)31(37)13-7-21(3)15-27(5-2)42(39,40)35-33(38)23-9-14-32(41-20-25)30(36)17-23/h7,9-10,12-14,16-17,21,24-25,27,29,31,37H,4-6,8,11,15,18-20H2,1-3H3,(H,35,38)/b13-7+/t21-,24-,25-,27+,29+,31-/m0/s1.